The fourth-order valence-electron chi connectivity index (χ4n) is 2.42. The minimum absolute atomic E-state index is 0. The Morgan fingerprint density at radius 1 is 1.32 bits per heavy atom. The lowest BCUT2D eigenvalue weighted by Crippen LogP contribution is -2.28. The predicted octanol–water partition coefficient (Wildman–Crippen LogP) is 3.05. The van der Waals surface area contributed by atoms with Crippen molar-refractivity contribution < 1.29 is 4.92 Å². The average Bonchev–Trinajstić information content (AvgIpc) is 2.53. The number of fused-ring (bicyclic) bond motifs is 1. The third kappa shape index (κ3) is 4.06. The van der Waals surface area contributed by atoms with E-state index in [1.54, 1.807) is 24.0 Å². The van der Waals surface area contributed by atoms with E-state index in [0.717, 1.165) is 29.8 Å². The number of nitrogens with one attached hydrogen (secondary N) is 1. The summed E-state index contributed by atoms with van der Waals surface area (Å²) < 4.78 is 0. The third-order valence-corrected chi connectivity index (χ3v) is 4.77. The Hall–Kier alpha value is -1.44. The minimum atomic E-state index is -0.416. The van der Waals surface area contributed by atoms with Crippen LogP contribution in [0.2, 0.25) is 0 Å². The number of aromatic nitrogens is 2. The maximum atomic E-state index is 10.7. The summed E-state index contributed by atoms with van der Waals surface area (Å²) in [5.74, 6) is 1.78. The van der Waals surface area contributed by atoms with E-state index >= 15 is 0 Å². The van der Waals surface area contributed by atoms with Crippen LogP contribution in [0.1, 0.15) is 12.8 Å². The molecule has 1 N–H and O–H groups in total. The van der Waals surface area contributed by atoms with Crippen molar-refractivity contribution in [1.82, 2.24) is 15.3 Å². The van der Waals surface area contributed by atoms with Crippen molar-refractivity contribution in [2.24, 2.45) is 5.92 Å². The second kappa shape index (κ2) is 7.71. The van der Waals surface area contributed by atoms with Gasteiger partial charge in [0, 0.05) is 17.9 Å². The molecule has 1 aromatic heterocycles. The van der Waals surface area contributed by atoms with Crippen LogP contribution in [-0.2, 0) is 0 Å². The average molecular weight is 341 g/mol. The smallest absolute Gasteiger partial charge is 0.271 e. The number of rotatable bonds is 4. The molecule has 118 valence electrons. The maximum Gasteiger partial charge on any atom is 0.271 e. The lowest BCUT2D eigenvalue weighted by atomic mass is 10.0. The van der Waals surface area contributed by atoms with Crippen LogP contribution in [0.4, 0.5) is 5.69 Å². The molecule has 0 aliphatic carbocycles. The summed E-state index contributed by atoms with van der Waals surface area (Å²) >= 11 is 1.72. The lowest BCUT2D eigenvalue weighted by molar-refractivity contribution is -0.384. The highest BCUT2D eigenvalue weighted by molar-refractivity contribution is 7.99. The van der Waals surface area contributed by atoms with Crippen LogP contribution in [0.25, 0.3) is 11.0 Å². The fraction of sp³-hybridized carbons (Fsp3) is 0.429. The van der Waals surface area contributed by atoms with Crippen molar-refractivity contribution in [2.75, 3.05) is 18.8 Å². The molecular weight excluding hydrogens is 324 g/mol. The van der Waals surface area contributed by atoms with Gasteiger partial charge in [0.15, 0.2) is 0 Å². The molecule has 22 heavy (non-hydrogen) atoms. The quantitative estimate of drug-likeness (QED) is 0.523. The summed E-state index contributed by atoms with van der Waals surface area (Å²) in [6.07, 6.45) is 4.12. The first-order valence-electron chi connectivity index (χ1n) is 6.97. The molecule has 1 saturated heterocycles. The number of benzene rings is 1. The second-order valence-electron chi connectivity index (χ2n) is 5.14. The van der Waals surface area contributed by atoms with Gasteiger partial charge in [-0.15, -0.1) is 24.2 Å². The van der Waals surface area contributed by atoms with Crippen molar-refractivity contribution >= 4 is 40.9 Å². The zero-order chi connectivity index (χ0) is 14.7. The van der Waals surface area contributed by atoms with Crippen molar-refractivity contribution in [3.8, 4) is 0 Å². The monoisotopic (exact) mass is 340 g/mol. The van der Waals surface area contributed by atoms with Gasteiger partial charge in [-0.3, -0.25) is 15.1 Å². The first kappa shape index (κ1) is 16.9. The Kier molecular flexibility index (Phi) is 5.93. The van der Waals surface area contributed by atoms with Crippen LogP contribution in [0.5, 0.6) is 0 Å². The first-order valence-corrected chi connectivity index (χ1v) is 7.95. The maximum absolute atomic E-state index is 10.7. The Labute approximate surface area is 138 Å². The van der Waals surface area contributed by atoms with E-state index in [0.29, 0.717) is 11.0 Å². The molecule has 0 radical (unpaired) electrons. The van der Waals surface area contributed by atoms with Crippen LogP contribution < -0.4 is 5.32 Å². The molecule has 8 heteroatoms. The number of nitro benzene ring substituents is 1. The summed E-state index contributed by atoms with van der Waals surface area (Å²) in [6.45, 7) is 2.19. The summed E-state index contributed by atoms with van der Waals surface area (Å²) in [5, 5.41) is 15.0. The third-order valence-electron chi connectivity index (χ3n) is 3.64. The van der Waals surface area contributed by atoms with Gasteiger partial charge in [-0.05, 0) is 37.9 Å². The van der Waals surface area contributed by atoms with E-state index in [9.17, 15) is 10.1 Å². The summed E-state index contributed by atoms with van der Waals surface area (Å²) in [5.41, 5.74) is 1.32. The molecule has 1 aliphatic heterocycles. The predicted molar refractivity (Wildman–Crippen MR) is 89.8 cm³/mol. The lowest BCUT2D eigenvalue weighted by Gasteiger charge is -2.21. The Morgan fingerprint density at radius 3 is 2.82 bits per heavy atom. The standard InChI is InChI=1S/C14H16N4O2S.ClH/c19-18(20)11-1-2-12-13(7-11)16-8-14(17-12)21-9-10-3-5-15-6-4-10;/h1-2,7-8,10,15H,3-6,9H2;1H. The topological polar surface area (TPSA) is 81.0 Å². The number of nitrogens with zero attached hydrogens (tertiary/aromatic N) is 3. The second-order valence-corrected chi connectivity index (χ2v) is 6.18. The number of hydrogen-bond acceptors (Lipinski definition) is 6. The van der Waals surface area contributed by atoms with Crippen LogP contribution >= 0.6 is 24.2 Å². The molecule has 6 nitrogen and oxygen atoms in total. The Bertz CT molecular complexity index is 664. The molecule has 3 rings (SSSR count). The molecule has 1 fully saturated rings. The number of nitro groups is 1. The normalized spacial score (nSPS) is 15.5. The SMILES string of the molecule is Cl.O=[N+]([O-])c1ccc2nc(SCC3CCNCC3)cnc2c1. The summed E-state index contributed by atoms with van der Waals surface area (Å²) in [7, 11) is 0. The number of halogens is 1. The number of piperidine rings is 1. The number of hydrogen-bond donors (Lipinski definition) is 1. The van der Waals surface area contributed by atoms with Gasteiger partial charge >= 0.3 is 0 Å². The van der Waals surface area contributed by atoms with Gasteiger partial charge in [0.2, 0.25) is 0 Å². The molecule has 0 spiro atoms. The number of non-ortho nitro benzene ring substituents is 1. The fourth-order valence-corrected chi connectivity index (χ4v) is 3.45. The molecular formula is C14H17ClN4O2S. The molecule has 1 aliphatic rings. The van der Waals surface area contributed by atoms with Gasteiger partial charge in [0.1, 0.15) is 5.03 Å². The van der Waals surface area contributed by atoms with Crippen molar-refractivity contribution in [3.05, 3.63) is 34.5 Å². The summed E-state index contributed by atoms with van der Waals surface area (Å²) in [6, 6.07) is 4.59. The summed E-state index contributed by atoms with van der Waals surface area (Å²) in [4.78, 5) is 19.1. The van der Waals surface area contributed by atoms with Gasteiger partial charge in [-0.25, -0.2) is 4.98 Å². The van der Waals surface area contributed by atoms with Crippen LogP contribution in [0, 0.1) is 16.0 Å². The van der Waals surface area contributed by atoms with Gasteiger partial charge in [0.25, 0.3) is 5.69 Å². The zero-order valence-electron chi connectivity index (χ0n) is 11.9. The molecule has 2 heterocycles. The van der Waals surface area contributed by atoms with E-state index in [1.807, 2.05) is 0 Å². The highest BCUT2D eigenvalue weighted by atomic mass is 35.5. The molecule has 0 atom stereocenters. The highest BCUT2D eigenvalue weighted by Crippen LogP contribution is 2.25. The van der Waals surface area contributed by atoms with E-state index in [2.05, 4.69) is 15.3 Å². The Balaban J connectivity index is 0.00000176. The van der Waals surface area contributed by atoms with Crippen LogP contribution in [0.15, 0.2) is 29.4 Å². The van der Waals surface area contributed by atoms with Crippen LogP contribution in [0.3, 0.4) is 0 Å². The van der Waals surface area contributed by atoms with E-state index < -0.39 is 4.92 Å². The van der Waals surface area contributed by atoms with E-state index in [1.165, 1.54) is 25.0 Å². The van der Waals surface area contributed by atoms with E-state index in [-0.39, 0.29) is 18.1 Å². The van der Waals surface area contributed by atoms with Gasteiger partial charge < -0.3 is 5.32 Å². The molecule has 0 amide bonds. The zero-order valence-corrected chi connectivity index (χ0v) is 13.5. The minimum Gasteiger partial charge on any atom is -0.317 e. The molecule has 0 bridgehead atoms. The molecule has 1 aromatic carbocycles. The van der Waals surface area contributed by atoms with Gasteiger partial charge in [0.05, 0.1) is 22.2 Å². The molecule has 0 unspecified atom stereocenters. The highest BCUT2D eigenvalue weighted by Gasteiger charge is 2.14. The largest absolute Gasteiger partial charge is 0.317 e. The molecule has 2 aromatic rings. The number of thioether (sulfide) groups is 1. The van der Waals surface area contributed by atoms with Gasteiger partial charge in [-0.1, -0.05) is 0 Å². The Morgan fingerprint density at radius 2 is 2.09 bits per heavy atom. The first-order chi connectivity index (χ1) is 10.2. The van der Waals surface area contributed by atoms with Crippen molar-refractivity contribution in [3.63, 3.8) is 0 Å². The van der Waals surface area contributed by atoms with Crippen molar-refractivity contribution in [2.45, 2.75) is 17.9 Å². The van der Waals surface area contributed by atoms with Crippen molar-refractivity contribution in [1.29, 1.82) is 0 Å². The molecule has 0 saturated carbocycles. The van der Waals surface area contributed by atoms with E-state index in [4.69, 9.17) is 0 Å². The van der Waals surface area contributed by atoms with Crippen LogP contribution in [-0.4, -0.2) is 33.7 Å². The van der Waals surface area contributed by atoms with Gasteiger partial charge in [-0.2, -0.15) is 0 Å².